The number of carbonyl (C=O) groups is 2. The summed E-state index contributed by atoms with van der Waals surface area (Å²) in [6.07, 6.45) is 0. The summed E-state index contributed by atoms with van der Waals surface area (Å²) in [7, 11) is 0. The first-order valence-electron chi connectivity index (χ1n) is 8.59. The van der Waals surface area contributed by atoms with E-state index in [0.717, 1.165) is 28.3 Å². The molecule has 0 spiro atoms. The van der Waals surface area contributed by atoms with Crippen molar-refractivity contribution in [3.8, 4) is 0 Å². The van der Waals surface area contributed by atoms with Crippen LogP contribution in [0, 0.1) is 27.7 Å². The summed E-state index contributed by atoms with van der Waals surface area (Å²) in [5, 5.41) is 0.397. The SMILES string of the molecule is Cc1cc(C)c(C(=O)COC(=O)c2cc(=O)c3cc(C)ccc3o2)c(C)c1. The molecule has 2 aromatic carbocycles. The van der Waals surface area contributed by atoms with Crippen molar-refractivity contribution < 1.29 is 18.7 Å². The van der Waals surface area contributed by atoms with E-state index in [1.165, 1.54) is 0 Å². The first-order chi connectivity index (χ1) is 12.8. The summed E-state index contributed by atoms with van der Waals surface area (Å²) in [5.74, 6) is -1.36. The summed E-state index contributed by atoms with van der Waals surface area (Å²) in [6.45, 7) is 7.09. The van der Waals surface area contributed by atoms with E-state index >= 15 is 0 Å². The molecular weight excluding hydrogens is 344 g/mol. The highest BCUT2D eigenvalue weighted by Crippen LogP contribution is 2.18. The van der Waals surface area contributed by atoms with E-state index in [9.17, 15) is 14.4 Å². The Hall–Kier alpha value is -3.21. The van der Waals surface area contributed by atoms with E-state index in [2.05, 4.69) is 0 Å². The fraction of sp³-hybridized carbons (Fsp3) is 0.227. The number of ether oxygens (including phenoxy) is 1. The zero-order valence-electron chi connectivity index (χ0n) is 15.7. The van der Waals surface area contributed by atoms with Gasteiger partial charge >= 0.3 is 5.97 Å². The van der Waals surface area contributed by atoms with Crippen LogP contribution in [-0.4, -0.2) is 18.4 Å². The van der Waals surface area contributed by atoms with Crippen LogP contribution in [0.15, 0.2) is 45.6 Å². The van der Waals surface area contributed by atoms with Crippen molar-refractivity contribution in [1.29, 1.82) is 0 Å². The average Bonchev–Trinajstić information content (AvgIpc) is 2.59. The topological polar surface area (TPSA) is 73.6 Å². The van der Waals surface area contributed by atoms with Crippen LogP contribution in [0.1, 0.15) is 43.2 Å². The number of hydrogen-bond donors (Lipinski definition) is 0. The lowest BCUT2D eigenvalue weighted by molar-refractivity contribution is 0.0444. The summed E-state index contributed by atoms with van der Waals surface area (Å²) >= 11 is 0. The van der Waals surface area contributed by atoms with Gasteiger partial charge in [-0.25, -0.2) is 4.79 Å². The molecule has 138 valence electrons. The second-order valence-electron chi connectivity index (χ2n) is 6.75. The van der Waals surface area contributed by atoms with Gasteiger partial charge in [-0.2, -0.15) is 0 Å². The molecule has 0 atom stereocenters. The zero-order chi connectivity index (χ0) is 19.7. The summed E-state index contributed by atoms with van der Waals surface area (Å²) < 4.78 is 10.6. The van der Waals surface area contributed by atoms with Gasteiger partial charge in [-0.15, -0.1) is 0 Å². The van der Waals surface area contributed by atoms with Crippen LogP contribution < -0.4 is 5.43 Å². The molecule has 0 amide bonds. The third-order valence-corrected chi connectivity index (χ3v) is 4.37. The number of carbonyl (C=O) groups excluding carboxylic acids is 2. The van der Waals surface area contributed by atoms with Crippen molar-refractivity contribution in [3.05, 3.63) is 80.2 Å². The number of benzene rings is 2. The summed E-state index contributed by atoms with van der Waals surface area (Å²) in [6, 6.07) is 10.0. The number of ketones is 1. The van der Waals surface area contributed by atoms with Crippen LogP contribution in [0.25, 0.3) is 11.0 Å². The third-order valence-electron chi connectivity index (χ3n) is 4.37. The van der Waals surface area contributed by atoms with Crippen molar-refractivity contribution >= 4 is 22.7 Å². The normalized spacial score (nSPS) is 10.8. The van der Waals surface area contributed by atoms with E-state index < -0.39 is 12.6 Å². The second kappa shape index (κ2) is 7.19. The molecule has 1 heterocycles. The molecule has 5 nitrogen and oxygen atoms in total. The molecule has 3 aromatic rings. The quantitative estimate of drug-likeness (QED) is 0.515. The fourth-order valence-corrected chi connectivity index (χ4v) is 3.26. The van der Waals surface area contributed by atoms with E-state index in [4.69, 9.17) is 9.15 Å². The van der Waals surface area contributed by atoms with E-state index in [0.29, 0.717) is 16.5 Å². The Balaban J connectivity index is 1.80. The standard InChI is InChI=1S/C22H20O5/c1-12-5-6-19-16(9-12)17(23)10-20(27-19)22(25)26-11-18(24)21-14(3)7-13(2)8-15(21)4/h5-10H,11H2,1-4H3. The number of aryl methyl sites for hydroxylation is 4. The Labute approximate surface area is 156 Å². The Morgan fingerprint density at radius 2 is 1.59 bits per heavy atom. The maximum Gasteiger partial charge on any atom is 0.374 e. The molecule has 0 aliphatic carbocycles. The van der Waals surface area contributed by atoms with Gasteiger partial charge in [0.1, 0.15) is 5.58 Å². The molecule has 0 saturated carbocycles. The summed E-state index contributed by atoms with van der Waals surface area (Å²) in [5.41, 5.74) is 4.16. The van der Waals surface area contributed by atoms with Gasteiger partial charge in [0.25, 0.3) is 0 Å². The first kappa shape index (κ1) is 18.6. The average molecular weight is 364 g/mol. The molecule has 3 rings (SSSR count). The predicted octanol–water partition coefficient (Wildman–Crippen LogP) is 4.07. The molecule has 27 heavy (non-hydrogen) atoms. The van der Waals surface area contributed by atoms with Crippen LogP contribution in [0.3, 0.4) is 0 Å². The van der Waals surface area contributed by atoms with Gasteiger partial charge in [0, 0.05) is 11.6 Å². The van der Waals surface area contributed by atoms with E-state index in [-0.39, 0.29) is 17.0 Å². The van der Waals surface area contributed by atoms with Crippen molar-refractivity contribution in [2.45, 2.75) is 27.7 Å². The van der Waals surface area contributed by atoms with Crippen LogP contribution in [-0.2, 0) is 4.74 Å². The maximum absolute atomic E-state index is 12.5. The number of esters is 1. The number of rotatable bonds is 4. The largest absolute Gasteiger partial charge is 0.451 e. The van der Waals surface area contributed by atoms with Gasteiger partial charge in [0.15, 0.2) is 12.0 Å². The predicted molar refractivity (Wildman–Crippen MR) is 102 cm³/mol. The number of hydrogen-bond acceptors (Lipinski definition) is 5. The third kappa shape index (κ3) is 3.82. The molecule has 0 saturated heterocycles. The molecule has 0 N–H and O–H groups in total. The molecular formula is C22H20O5. The van der Waals surface area contributed by atoms with Crippen molar-refractivity contribution in [2.24, 2.45) is 0 Å². The lowest BCUT2D eigenvalue weighted by Gasteiger charge is -2.10. The fourth-order valence-electron chi connectivity index (χ4n) is 3.26. The van der Waals surface area contributed by atoms with E-state index in [1.807, 2.05) is 39.8 Å². The van der Waals surface area contributed by atoms with Crippen LogP contribution >= 0.6 is 0 Å². The minimum atomic E-state index is -0.842. The van der Waals surface area contributed by atoms with Crippen LogP contribution in [0.5, 0.6) is 0 Å². The van der Waals surface area contributed by atoms with E-state index in [1.54, 1.807) is 18.2 Å². The highest BCUT2D eigenvalue weighted by Gasteiger charge is 2.18. The van der Waals surface area contributed by atoms with Crippen molar-refractivity contribution in [2.75, 3.05) is 6.61 Å². The zero-order valence-corrected chi connectivity index (χ0v) is 15.7. The molecule has 0 bridgehead atoms. The van der Waals surface area contributed by atoms with Crippen LogP contribution in [0.4, 0.5) is 0 Å². The second-order valence-corrected chi connectivity index (χ2v) is 6.75. The highest BCUT2D eigenvalue weighted by atomic mass is 16.5. The van der Waals surface area contributed by atoms with Crippen molar-refractivity contribution in [3.63, 3.8) is 0 Å². The highest BCUT2D eigenvalue weighted by molar-refractivity contribution is 6.01. The minimum Gasteiger partial charge on any atom is -0.451 e. The van der Waals surface area contributed by atoms with Crippen LogP contribution in [0.2, 0.25) is 0 Å². The minimum absolute atomic E-state index is 0.221. The smallest absolute Gasteiger partial charge is 0.374 e. The van der Waals surface area contributed by atoms with Gasteiger partial charge in [-0.3, -0.25) is 9.59 Å². The Bertz CT molecular complexity index is 1100. The monoisotopic (exact) mass is 364 g/mol. The lowest BCUT2D eigenvalue weighted by Crippen LogP contribution is -2.17. The first-order valence-corrected chi connectivity index (χ1v) is 8.59. The lowest BCUT2D eigenvalue weighted by atomic mass is 9.97. The van der Waals surface area contributed by atoms with Gasteiger partial charge in [-0.05, 0) is 51.0 Å². The molecule has 1 aromatic heterocycles. The Kier molecular flexibility index (Phi) is 4.95. The molecule has 0 aliphatic heterocycles. The molecule has 0 unspecified atom stereocenters. The molecule has 0 fully saturated rings. The maximum atomic E-state index is 12.5. The summed E-state index contributed by atoms with van der Waals surface area (Å²) in [4.78, 5) is 36.9. The van der Waals surface area contributed by atoms with Gasteiger partial charge in [0.05, 0.1) is 5.39 Å². The Morgan fingerprint density at radius 3 is 2.26 bits per heavy atom. The molecule has 5 heteroatoms. The number of fused-ring (bicyclic) bond motifs is 1. The van der Waals surface area contributed by atoms with Gasteiger partial charge < -0.3 is 9.15 Å². The number of Topliss-reactive ketones (excluding diaryl/α,β-unsaturated/α-hetero) is 1. The Morgan fingerprint density at radius 1 is 0.926 bits per heavy atom. The van der Waals surface area contributed by atoms with Gasteiger partial charge in [-0.1, -0.05) is 29.3 Å². The molecule has 0 aliphatic rings. The van der Waals surface area contributed by atoms with Crippen molar-refractivity contribution in [1.82, 2.24) is 0 Å². The molecule has 0 radical (unpaired) electrons. The van der Waals surface area contributed by atoms with Gasteiger partial charge in [0.2, 0.25) is 11.5 Å².